The van der Waals surface area contributed by atoms with Gasteiger partial charge in [0.25, 0.3) is 5.56 Å². The predicted octanol–water partition coefficient (Wildman–Crippen LogP) is 2.15. The second-order valence-electron chi connectivity index (χ2n) is 6.05. The zero-order chi connectivity index (χ0) is 16.0. The Labute approximate surface area is 136 Å². The summed E-state index contributed by atoms with van der Waals surface area (Å²) >= 11 is 1.34. The van der Waals surface area contributed by atoms with Crippen LogP contribution in [-0.4, -0.2) is 14.0 Å². The molecule has 0 bridgehead atoms. The molecule has 0 aromatic carbocycles. The summed E-state index contributed by atoms with van der Waals surface area (Å²) in [5.41, 5.74) is 3.36. The first kappa shape index (κ1) is 14.4. The Bertz CT molecular complexity index is 1010. The molecule has 0 spiro atoms. The van der Waals surface area contributed by atoms with Crippen LogP contribution < -0.4 is 10.4 Å². The summed E-state index contributed by atoms with van der Waals surface area (Å²) in [4.78, 5) is 30.4. The van der Waals surface area contributed by atoms with Crippen LogP contribution in [0.15, 0.2) is 34.0 Å². The summed E-state index contributed by atoms with van der Waals surface area (Å²) in [6.07, 6.45) is 5.95. The molecule has 1 aliphatic carbocycles. The maximum Gasteiger partial charge on any atom is 0.307 e. The van der Waals surface area contributed by atoms with Crippen LogP contribution in [0.3, 0.4) is 0 Å². The number of aryl methyl sites for hydroxylation is 2. The van der Waals surface area contributed by atoms with E-state index in [1.807, 2.05) is 19.1 Å². The minimum atomic E-state index is -0.109. The molecule has 0 amide bonds. The first-order valence-corrected chi connectivity index (χ1v) is 8.64. The zero-order valence-electron chi connectivity index (χ0n) is 12.9. The zero-order valence-corrected chi connectivity index (χ0v) is 13.7. The Morgan fingerprint density at radius 2 is 2.04 bits per heavy atom. The quantitative estimate of drug-likeness (QED) is 0.725. The van der Waals surface area contributed by atoms with E-state index < -0.39 is 0 Å². The normalized spacial score (nSPS) is 14.1. The molecule has 23 heavy (non-hydrogen) atoms. The topological polar surface area (TPSA) is 56.4 Å². The molecular weight excluding hydrogens is 310 g/mol. The van der Waals surface area contributed by atoms with Crippen molar-refractivity contribution in [3.63, 3.8) is 0 Å². The van der Waals surface area contributed by atoms with Gasteiger partial charge in [0, 0.05) is 22.8 Å². The molecule has 3 heterocycles. The first-order valence-electron chi connectivity index (χ1n) is 7.82. The third-order valence-corrected chi connectivity index (χ3v) is 5.42. The second kappa shape index (κ2) is 5.45. The van der Waals surface area contributed by atoms with Crippen molar-refractivity contribution in [3.05, 3.63) is 66.2 Å². The number of fused-ring (bicyclic) bond motifs is 2. The smallest absolute Gasteiger partial charge is 0.297 e. The molecule has 0 radical (unpaired) electrons. The van der Waals surface area contributed by atoms with Crippen LogP contribution in [0.25, 0.3) is 5.65 Å². The van der Waals surface area contributed by atoms with Gasteiger partial charge < -0.3 is 0 Å². The van der Waals surface area contributed by atoms with Gasteiger partial charge in [-0.3, -0.25) is 18.6 Å². The van der Waals surface area contributed by atoms with Crippen LogP contribution in [0.5, 0.6) is 0 Å². The highest BCUT2D eigenvalue weighted by Gasteiger charge is 2.18. The van der Waals surface area contributed by atoms with Gasteiger partial charge in [-0.2, -0.15) is 0 Å². The maximum atomic E-state index is 12.3. The molecule has 118 valence electrons. The Balaban J connectivity index is 1.81. The van der Waals surface area contributed by atoms with Crippen molar-refractivity contribution in [2.75, 3.05) is 0 Å². The number of hydrogen-bond acceptors (Lipinski definition) is 4. The van der Waals surface area contributed by atoms with Crippen LogP contribution in [0.2, 0.25) is 0 Å². The van der Waals surface area contributed by atoms with E-state index in [2.05, 4.69) is 4.98 Å². The molecule has 0 saturated carbocycles. The molecule has 4 rings (SSSR count). The van der Waals surface area contributed by atoms with Crippen molar-refractivity contribution < 1.29 is 0 Å². The predicted molar refractivity (Wildman–Crippen MR) is 90.5 cm³/mol. The summed E-state index contributed by atoms with van der Waals surface area (Å²) in [7, 11) is 0. The monoisotopic (exact) mass is 327 g/mol. The van der Waals surface area contributed by atoms with Crippen LogP contribution in [0.4, 0.5) is 0 Å². The van der Waals surface area contributed by atoms with E-state index in [1.54, 1.807) is 10.8 Å². The van der Waals surface area contributed by atoms with Crippen LogP contribution in [0, 0.1) is 6.92 Å². The lowest BCUT2D eigenvalue weighted by molar-refractivity contribution is 0.620. The van der Waals surface area contributed by atoms with Crippen molar-refractivity contribution in [2.24, 2.45) is 0 Å². The highest BCUT2D eigenvalue weighted by Crippen LogP contribution is 2.23. The minimum absolute atomic E-state index is 0.0585. The molecular formula is C17H17N3O2S. The number of thiazole rings is 1. The van der Waals surface area contributed by atoms with Gasteiger partial charge in [0.2, 0.25) is 0 Å². The van der Waals surface area contributed by atoms with Crippen molar-refractivity contribution >= 4 is 17.0 Å². The Kier molecular flexibility index (Phi) is 3.41. The lowest BCUT2D eigenvalue weighted by Crippen LogP contribution is -2.22. The minimum Gasteiger partial charge on any atom is -0.297 e. The van der Waals surface area contributed by atoms with Crippen LogP contribution >= 0.6 is 11.3 Å². The summed E-state index contributed by atoms with van der Waals surface area (Å²) < 4.78 is 3.33. The molecule has 0 aliphatic heterocycles. The third-order valence-electron chi connectivity index (χ3n) is 4.34. The number of hydrogen-bond donors (Lipinski definition) is 0. The number of pyridine rings is 1. The summed E-state index contributed by atoms with van der Waals surface area (Å²) in [6.45, 7) is 2.35. The lowest BCUT2D eigenvalue weighted by atomic mass is 10.0. The molecule has 0 fully saturated rings. The van der Waals surface area contributed by atoms with Crippen LogP contribution in [-0.2, 0) is 19.4 Å². The molecule has 0 atom stereocenters. The van der Waals surface area contributed by atoms with Gasteiger partial charge in [0.1, 0.15) is 5.65 Å². The van der Waals surface area contributed by atoms with Gasteiger partial charge in [0.05, 0.1) is 12.2 Å². The first-order chi connectivity index (χ1) is 11.1. The largest absolute Gasteiger partial charge is 0.307 e. The van der Waals surface area contributed by atoms with E-state index in [9.17, 15) is 9.59 Å². The molecule has 3 aromatic heterocycles. The van der Waals surface area contributed by atoms with Crippen molar-refractivity contribution in [3.8, 4) is 0 Å². The Morgan fingerprint density at radius 1 is 1.22 bits per heavy atom. The summed E-state index contributed by atoms with van der Waals surface area (Å²) in [5, 5.41) is 0. The highest BCUT2D eigenvalue weighted by molar-refractivity contribution is 7.09. The van der Waals surface area contributed by atoms with Crippen molar-refractivity contribution in [2.45, 2.75) is 39.2 Å². The standard InChI is InChI=1S/C17H17N3O2S/c1-11-6-7-19-15(8-11)18-12(9-16(19)21)10-20-13-4-2-3-5-14(13)23-17(20)22/h6-9H,2-5,10H2,1H3. The third kappa shape index (κ3) is 2.53. The maximum absolute atomic E-state index is 12.3. The molecule has 6 heteroatoms. The van der Waals surface area contributed by atoms with Gasteiger partial charge in [-0.25, -0.2) is 4.98 Å². The van der Waals surface area contributed by atoms with E-state index in [0.717, 1.165) is 36.9 Å². The summed E-state index contributed by atoms with van der Waals surface area (Å²) in [5.74, 6) is 0. The average Bonchev–Trinajstić information content (AvgIpc) is 2.83. The Morgan fingerprint density at radius 3 is 2.91 bits per heavy atom. The molecule has 0 N–H and O–H groups in total. The SMILES string of the molecule is Cc1ccn2c(=O)cc(Cn3c4c(sc3=O)CCCC4)nc2c1. The Hall–Kier alpha value is -2.21. The van der Waals surface area contributed by atoms with Gasteiger partial charge in [-0.05, 0) is 50.3 Å². The van der Waals surface area contributed by atoms with E-state index in [0.29, 0.717) is 17.9 Å². The fourth-order valence-corrected chi connectivity index (χ4v) is 4.26. The van der Waals surface area contributed by atoms with Gasteiger partial charge in [-0.1, -0.05) is 11.3 Å². The van der Waals surface area contributed by atoms with E-state index in [1.165, 1.54) is 26.7 Å². The van der Waals surface area contributed by atoms with Crippen molar-refractivity contribution in [1.29, 1.82) is 0 Å². The lowest BCUT2D eigenvalue weighted by Gasteiger charge is -2.13. The number of aromatic nitrogens is 3. The molecule has 1 aliphatic rings. The molecule has 0 saturated heterocycles. The van der Waals surface area contributed by atoms with Crippen molar-refractivity contribution in [1.82, 2.24) is 14.0 Å². The highest BCUT2D eigenvalue weighted by atomic mass is 32.1. The molecule has 3 aromatic rings. The fourth-order valence-electron chi connectivity index (χ4n) is 3.18. The van der Waals surface area contributed by atoms with Gasteiger partial charge >= 0.3 is 4.87 Å². The van der Waals surface area contributed by atoms with E-state index in [-0.39, 0.29) is 10.4 Å². The number of nitrogens with zero attached hydrogens (tertiary/aromatic N) is 3. The molecule has 0 unspecified atom stereocenters. The second-order valence-corrected chi connectivity index (χ2v) is 7.10. The molecule has 5 nitrogen and oxygen atoms in total. The summed E-state index contributed by atoms with van der Waals surface area (Å²) in [6, 6.07) is 5.30. The van der Waals surface area contributed by atoms with E-state index >= 15 is 0 Å². The van der Waals surface area contributed by atoms with Crippen LogP contribution in [0.1, 0.15) is 34.7 Å². The average molecular weight is 327 g/mol. The van der Waals surface area contributed by atoms with E-state index in [4.69, 9.17) is 0 Å². The van der Waals surface area contributed by atoms with Gasteiger partial charge in [-0.15, -0.1) is 0 Å². The van der Waals surface area contributed by atoms with Gasteiger partial charge in [0.15, 0.2) is 0 Å². The fraction of sp³-hybridized carbons (Fsp3) is 0.353. The number of rotatable bonds is 2.